The summed E-state index contributed by atoms with van der Waals surface area (Å²) in [5.74, 6) is 0. The predicted molar refractivity (Wildman–Crippen MR) is 10.3 cm³/mol. The Hall–Kier alpha value is 0.960. The molecule has 0 spiro atoms. The quantitative estimate of drug-likeness (QED) is 0.430. The van der Waals surface area contributed by atoms with E-state index in [9.17, 15) is 0 Å². The van der Waals surface area contributed by atoms with Crippen LogP contribution in [-0.4, -0.2) is 5.48 Å². The second-order valence-corrected chi connectivity index (χ2v) is 0. The van der Waals surface area contributed by atoms with Gasteiger partial charge in [0.15, 0.2) is 0 Å². The molecule has 0 amide bonds. The van der Waals surface area contributed by atoms with Crippen LogP contribution in [0.25, 0.3) is 0 Å². The number of rotatable bonds is 0. The smallest absolute Gasteiger partial charge is 0 e. The molecule has 0 aliphatic rings. The van der Waals surface area contributed by atoms with Gasteiger partial charge in [-0.3, -0.25) is 0 Å². The molecule has 0 aromatic rings. The van der Waals surface area contributed by atoms with Gasteiger partial charge in [-0.2, -0.15) is 0 Å². The summed E-state index contributed by atoms with van der Waals surface area (Å²) in [6.07, 6.45) is 0. The van der Waals surface area contributed by atoms with Crippen molar-refractivity contribution in [3.8, 4) is 0 Å². The summed E-state index contributed by atoms with van der Waals surface area (Å²) in [7, 11) is 0. The fourth-order valence-electron chi connectivity index (χ4n) is 0. The first-order valence-electron chi connectivity index (χ1n) is 0. The van der Waals surface area contributed by atoms with E-state index in [0.29, 0.717) is 0 Å². The fourth-order valence-corrected chi connectivity index (χ4v) is 0. The Bertz CT molecular complexity index is 8.00. The molecule has 0 heterocycles. The minimum Gasteiger partial charge on any atom is -0.412 e. The van der Waals surface area contributed by atoms with Crippen molar-refractivity contribution >= 4 is 0 Å². The SMILES string of the molecule is C.O.[Co].[Ni]. The van der Waals surface area contributed by atoms with E-state index in [1.807, 2.05) is 0 Å². The van der Waals surface area contributed by atoms with Gasteiger partial charge in [0.1, 0.15) is 0 Å². The molecule has 1 nitrogen and oxygen atoms in total. The molecule has 3 heteroatoms. The topological polar surface area (TPSA) is 31.5 Å². The largest absolute Gasteiger partial charge is 0.412 e. The zero-order chi connectivity index (χ0) is 0. The standard InChI is InChI=1S/CH4.Co.Ni.H2O/h1H4;;;1H2. The van der Waals surface area contributed by atoms with Crippen LogP contribution < -0.4 is 0 Å². The Labute approximate surface area is 46.6 Å². The first-order chi connectivity index (χ1) is 0. The maximum Gasteiger partial charge on any atom is 0 e. The van der Waals surface area contributed by atoms with E-state index in [2.05, 4.69) is 0 Å². The van der Waals surface area contributed by atoms with Gasteiger partial charge in [-0.1, -0.05) is 7.43 Å². The fraction of sp³-hybridized carbons (Fsp3) is 1.00. The normalized spacial score (nSPS) is 0. The van der Waals surface area contributed by atoms with Crippen molar-refractivity contribution in [3.05, 3.63) is 0 Å². The first kappa shape index (κ1) is 84.4. The molecule has 0 saturated carbocycles. The second-order valence-electron chi connectivity index (χ2n) is 0. The molecule has 0 saturated heterocycles. The van der Waals surface area contributed by atoms with Gasteiger partial charge in [0.25, 0.3) is 0 Å². The van der Waals surface area contributed by atoms with Crippen LogP contribution in [-0.2, 0) is 33.3 Å². The molecule has 4 heavy (non-hydrogen) atoms. The van der Waals surface area contributed by atoms with Crippen molar-refractivity contribution in [2.24, 2.45) is 0 Å². The van der Waals surface area contributed by atoms with Crippen LogP contribution in [0.3, 0.4) is 0 Å². The number of hydrogen-bond donors (Lipinski definition) is 0. The molecular formula is CH6CoNiO. The predicted octanol–water partition coefficient (Wildman–Crippen LogP) is -0.194. The molecule has 0 aromatic heterocycles. The molecule has 0 aliphatic carbocycles. The molecule has 0 rings (SSSR count). The third-order valence-electron chi connectivity index (χ3n) is 0. The average molecular weight is 152 g/mol. The van der Waals surface area contributed by atoms with Gasteiger partial charge in [-0.05, 0) is 0 Å². The molecule has 0 fully saturated rings. The zero-order valence-corrected chi connectivity index (χ0v) is 3.18. The van der Waals surface area contributed by atoms with Crippen LogP contribution in [0.15, 0.2) is 0 Å². The molecular weight excluding hydrogens is 146 g/mol. The van der Waals surface area contributed by atoms with Crippen molar-refractivity contribution in [2.45, 2.75) is 7.43 Å². The summed E-state index contributed by atoms with van der Waals surface area (Å²) >= 11 is 0. The van der Waals surface area contributed by atoms with E-state index in [1.54, 1.807) is 0 Å². The summed E-state index contributed by atoms with van der Waals surface area (Å²) < 4.78 is 0. The summed E-state index contributed by atoms with van der Waals surface area (Å²) in [6, 6.07) is 0. The van der Waals surface area contributed by atoms with E-state index < -0.39 is 0 Å². The molecule has 0 bridgehead atoms. The van der Waals surface area contributed by atoms with Gasteiger partial charge in [-0.15, -0.1) is 0 Å². The Morgan fingerprint density at radius 3 is 1.00 bits per heavy atom. The third kappa shape index (κ3) is 12.3. The van der Waals surface area contributed by atoms with Crippen LogP contribution in [0.1, 0.15) is 7.43 Å². The van der Waals surface area contributed by atoms with Crippen LogP contribution in [0, 0.1) is 0 Å². The summed E-state index contributed by atoms with van der Waals surface area (Å²) in [5.41, 5.74) is 0. The van der Waals surface area contributed by atoms with E-state index in [4.69, 9.17) is 0 Å². The molecule has 1 radical (unpaired) electrons. The third-order valence-corrected chi connectivity index (χ3v) is 0. The van der Waals surface area contributed by atoms with Gasteiger partial charge in [0.05, 0.1) is 0 Å². The molecule has 0 atom stereocenters. The minimum atomic E-state index is 0. The molecule has 0 aliphatic heterocycles. The van der Waals surface area contributed by atoms with Crippen molar-refractivity contribution < 1.29 is 38.7 Å². The van der Waals surface area contributed by atoms with E-state index in [-0.39, 0.29) is 46.2 Å². The van der Waals surface area contributed by atoms with Crippen LogP contribution in [0.4, 0.5) is 0 Å². The van der Waals surface area contributed by atoms with E-state index in [0.717, 1.165) is 0 Å². The van der Waals surface area contributed by atoms with Gasteiger partial charge in [0, 0.05) is 33.3 Å². The Kier molecular flexibility index (Phi) is 794. The van der Waals surface area contributed by atoms with Crippen molar-refractivity contribution in [2.75, 3.05) is 0 Å². The Morgan fingerprint density at radius 1 is 1.00 bits per heavy atom. The van der Waals surface area contributed by atoms with Crippen LogP contribution in [0.2, 0.25) is 0 Å². The maximum absolute atomic E-state index is 0. The Balaban J connectivity index is 0. The summed E-state index contributed by atoms with van der Waals surface area (Å²) in [5, 5.41) is 0. The summed E-state index contributed by atoms with van der Waals surface area (Å²) in [4.78, 5) is 0. The van der Waals surface area contributed by atoms with Crippen LogP contribution >= 0.6 is 0 Å². The average Bonchev–Trinajstić information content (AvgIpc) is 0. The van der Waals surface area contributed by atoms with Crippen molar-refractivity contribution in [3.63, 3.8) is 0 Å². The van der Waals surface area contributed by atoms with E-state index >= 15 is 0 Å². The van der Waals surface area contributed by atoms with Crippen molar-refractivity contribution in [1.29, 1.82) is 0 Å². The second kappa shape index (κ2) is 37.6. The molecule has 35 valence electrons. The van der Waals surface area contributed by atoms with Gasteiger partial charge in [-0.25, -0.2) is 0 Å². The van der Waals surface area contributed by atoms with Gasteiger partial charge < -0.3 is 5.48 Å². The maximum atomic E-state index is 0. The van der Waals surface area contributed by atoms with Crippen LogP contribution in [0.5, 0.6) is 0 Å². The molecule has 0 aromatic carbocycles. The van der Waals surface area contributed by atoms with Gasteiger partial charge in [0.2, 0.25) is 0 Å². The molecule has 0 unspecified atom stereocenters. The molecule has 2 N–H and O–H groups in total. The summed E-state index contributed by atoms with van der Waals surface area (Å²) in [6.45, 7) is 0. The minimum absolute atomic E-state index is 0. The first-order valence-corrected chi connectivity index (χ1v) is 0. The zero-order valence-electron chi connectivity index (χ0n) is 1.15. The van der Waals surface area contributed by atoms with E-state index in [1.165, 1.54) is 0 Å². The Morgan fingerprint density at radius 2 is 1.00 bits per heavy atom. The number of hydrogen-bond acceptors (Lipinski definition) is 0. The monoisotopic (exact) mass is 151 g/mol. The van der Waals surface area contributed by atoms with Crippen molar-refractivity contribution in [1.82, 2.24) is 0 Å². The van der Waals surface area contributed by atoms with Gasteiger partial charge >= 0.3 is 0 Å².